The number of rotatable bonds is 8. The summed E-state index contributed by atoms with van der Waals surface area (Å²) in [6.45, 7) is 0. The van der Waals surface area contributed by atoms with E-state index in [1.807, 2.05) is 11.3 Å². The summed E-state index contributed by atoms with van der Waals surface area (Å²) >= 11 is 1.89. The van der Waals surface area contributed by atoms with E-state index in [1.54, 1.807) is 0 Å². The second-order valence-corrected chi connectivity index (χ2v) is 18.6. The molecule has 0 bridgehead atoms. The predicted molar refractivity (Wildman–Crippen MR) is 294 cm³/mol. The number of fused-ring (bicyclic) bond motifs is 6. The van der Waals surface area contributed by atoms with Crippen LogP contribution in [0.5, 0.6) is 0 Å². The molecule has 13 rings (SSSR count). The van der Waals surface area contributed by atoms with E-state index in [0.29, 0.717) is 0 Å². The van der Waals surface area contributed by atoms with Crippen molar-refractivity contribution in [2.45, 2.75) is 0 Å². The normalized spacial score (nSPS) is 11.5. The Bertz CT molecular complexity index is 4020. The van der Waals surface area contributed by atoms with Crippen LogP contribution in [0.2, 0.25) is 0 Å². The molecule has 1 nitrogen and oxygen atoms in total. The summed E-state index contributed by atoms with van der Waals surface area (Å²) in [6, 6.07) is 95.7. The third kappa shape index (κ3) is 6.85. The molecule has 0 saturated heterocycles. The summed E-state index contributed by atoms with van der Waals surface area (Å²) in [5.74, 6) is 0. The van der Waals surface area contributed by atoms with Gasteiger partial charge in [0.1, 0.15) is 0 Å². The van der Waals surface area contributed by atoms with Crippen LogP contribution in [0.4, 0.5) is 17.1 Å². The first-order chi connectivity index (χ1) is 33.7. The molecule has 0 aliphatic heterocycles. The van der Waals surface area contributed by atoms with Gasteiger partial charge in [-0.2, -0.15) is 0 Å². The van der Waals surface area contributed by atoms with Crippen molar-refractivity contribution in [3.63, 3.8) is 0 Å². The van der Waals surface area contributed by atoms with Crippen molar-refractivity contribution in [2.75, 3.05) is 4.90 Å². The highest BCUT2D eigenvalue weighted by atomic mass is 32.1. The van der Waals surface area contributed by atoms with E-state index in [0.717, 1.165) is 17.1 Å². The van der Waals surface area contributed by atoms with Gasteiger partial charge < -0.3 is 4.90 Å². The first-order valence-electron chi connectivity index (χ1n) is 23.3. The average molecular weight is 882 g/mol. The van der Waals surface area contributed by atoms with Gasteiger partial charge in [-0.1, -0.05) is 218 Å². The number of hydrogen-bond acceptors (Lipinski definition) is 2. The standard InChI is InChI=1S/C66H43NS/c1-2-18-49-43-50(32-31-44(49)15-1)57-24-8-10-26-59(57)58-25-9-7-23-56(58)48-35-39-52(40-36-48)67(51-37-33-47(34-38-51)54-28-13-19-45-16-3-5-21-53(45)54)63-42-41-61(60-29-14-20-46-17-4-6-22-55(46)60)66-65(63)62-27-11-12-30-64(62)68-66/h1-43H. The maximum atomic E-state index is 2.46. The van der Waals surface area contributed by atoms with E-state index in [9.17, 15) is 0 Å². The monoisotopic (exact) mass is 881 g/mol. The van der Waals surface area contributed by atoms with Crippen LogP contribution >= 0.6 is 11.3 Å². The van der Waals surface area contributed by atoms with Gasteiger partial charge in [-0.3, -0.25) is 0 Å². The molecule has 1 aromatic heterocycles. The van der Waals surface area contributed by atoms with Gasteiger partial charge in [0, 0.05) is 37.1 Å². The zero-order chi connectivity index (χ0) is 45.0. The van der Waals surface area contributed by atoms with Crippen LogP contribution in [0.3, 0.4) is 0 Å². The van der Waals surface area contributed by atoms with E-state index in [-0.39, 0.29) is 0 Å². The topological polar surface area (TPSA) is 3.24 Å². The Morgan fingerprint density at radius 1 is 0.265 bits per heavy atom. The van der Waals surface area contributed by atoms with Gasteiger partial charge in [-0.25, -0.2) is 0 Å². The highest BCUT2D eigenvalue weighted by Gasteiger charge is 2.22. The van der Waals surface area contributed by atoms with Gasteiger partial charge in [0.2, 0.25) is 0 Å². The molecule has 68 heavy (non-hydrogen) atoms. The summed E-state index contributed by atoms with van der Waals surface area (Å²) in [5.41, 5.74) is 15.5. The predicted octanol–water partition coefficient (Wildman–Crippen LogP) is 19.3. The molecule has 12 aromatic carbocycles. The van der Waals surface area contributed by atoms with Gasteiger partial charge in [0.25, 0.3) is 0 Å². The number of thiophene rings is 1. The Morgan fingerprint density at radius 2 is 0.721 bits per heavy atom. The smallest absolute Gasteiger partial charge is 0.0555 e. The maximum absolute atomic E-state index is 2.46. The largest absolute Gasteiger partial charge is 0.310 e. The molecule has 0 amide bonds. The number of anilines is 3. The SMILES string of the molecule is c1ccc(-c2ccccc2-c2ccc3ccccc3c2)c(-c2ccc(N(c3ccc(-c4cccc5ccccc45)cc3)c3ccc(-c4cccc5ccccc45)c4sc5ccccc5c34)cc2)c1. The minimum atomic E-state index is 1.09. The Labute approximate surface area is 400 Å². The first-order valence-corrected chi connectivity index (χ1v) is 24.1. The number of benzene rings is 12. The minimum absolute atomic E-state index is 1.09. The quantitative estimate of drug-likeness (QED) is 0.147. The molecule has 0 N–H and O–H groups in total. The molecule has 2 heteroatoms. The van der Waals surface area contributed by atoms with Crippen LogP contribution in [-0.4, -0.2) is 0 Å². The van der Waals surface area contributed by atoms with E-state index in [1.165, 1.54) is 108 Å². The summed E-state index contributed by atoms with van der Waals surface area (Å²) in [6.07, 6.45) is 0. The van der Waals surface area contributed by atoms with Crippen molar-refractivity contribution in [1.29, 1.82) is 0 Å². The number of hydrogen-bond donors (Lipinski definition) is 0. The molecular formula is C66H43NS. The summed E-state index contributed by atoms with van der Waals surface area (Å²) < 4.78 is 2.56. The van der Waals surface area contributed by atoms with Crippen molar-refractivity contribution >= 4 is 80.9 Å². The van der Waals surface area contributed by atoms with Gasteiger partial charge in [-0.15, -0.1) is 11.3 Å². The Hall–Kier alpha value is -8.56. The summed E-state index contributed by atoms with van der Waals surface area (Å²) in [5, 5.41) is 10.0. The first kappa shape index (κ1) is 39.8. The molecule has 0 spiro atoms. The lowest BCUT2D eigenvalue weighted by Crippen LogP contribution is -2.10. The van der Waals surface area contributed by atoms with E-state index in [2.05, 4.69) is 266 Å². The summed E-state index contributed by atoms with van der Waals surface area (Å²) in [4.78, 5) is 2.46. The average Bonchev–Trinajstić information content (AvgIpc) is 3.81. The lowest BCUT2D eigenvalue weighted by Gasteiger charge is -2.27. The second kappa shape index (κ2) is 16.7. The highest BCUT2D eigenvalue weighted by Crippen LogP contribution is 2.50. The van der Waals surface area contributed by atoms with Crippen molar-refractivity contribution in [1.82, 2.24) is 0 Å². The van der Waals surface area contributed by atoms with Crippen LogP contribution in [0.1, 0.15) is 0 Å². The molecule has 0 radical (unpaired) electrons. The van der Waals surface area contributed by atoms with Crippen LogP contribution in [-0.2, 0) is 0 Å². The molecule has 0 fully saturated rings. The lowest BCUT2D eigenvalue weighted by molar-refractivity contribution is 1.30. The van der Waals surface area contributed by atoms with Crippen LogP contribution in [0, 0.1) is 0 Å². The fraction of sp³-hybridized carbons (Fsp3) is 0. The zero-order valence-electron chi connectivity index (χ0n) is 37.2. The van der Waals surface area contributed by atoms with Crippen molar-refractivity contribution in [3.05, 3.63) is 261 Å². The highest BCUT2D eigenvalue weighted by molar-refractivity contribution is 7.26. The van der Waals surface area contributed by atoms with Crippen LogP contribution in [0.25, 0.3) is 108 Å². The molecule has 0 atom stereocenters. The zero-order valence-corrected chi connectivity index (χ0v) is 38.0. The van der Waals surface area contributed by atoms with E-state index < -0.39 is 0 Å². The van der Waals surface area contributed by atoms with Gasteiger partial charge in [-0.05, 0) is 125 Å². The van der Waals surface area contributed by atoms with Gasteiger partial charge in [0.05, 0.1) is 5.69 Å². The fourth-order valence-electron chi connectivity index (χ4n) is 10.5. The molecule has 1 heterocycles. The molecule has 0 saturated carbocycles. The molecule has 13 aromatic rings. The summed E-state index contributed by atoms with van der Waals surface area (Å²) in [7, 11) is 0. The third-order valence-corrected chi connectivity index (χ3v) is 14.9. The number of nitrogens with zero attached hydrogens (tertiary/aromatic N) is 1. The maximum Gasteiger partial charge on any atom is 0.0555 e. The third-order valence-electron chi connectivity index (χ3n) is 13.7. The molecule has 0 aliphatic carbocycles. The van der Waals surface area contributed by atoms with Crippen LogP contribution in [0.15, 0.2) is 261 Å². The van der Waals surface area contributed by atoms with Gasteiger partial charge in [0.15, 0.2) is 0 Å². The van der Waals surface area contributed by atoms with Crippen molar-refractivity contribution in [3.8, 4) is 55.6 Å². The Balaban J connectivity index is 0.973. The lowest BCUT2D eigenvalue weighted by atomic mass is 9.89. The van der Waals surface area contributed by atoms with E-state index >= 15 is 0 Å². The minimum Gasteiger partial charge on any atom is -0.310 e. The van der Waals surface area contributed by atoms with Gasteiger partial charge >= 0.3 is 0 Å². The molecular weight excluding hydrogens is 839 g/mol. The molecule has 0 aliphatic rings. The van der Waals surface area contributed by atoms with Crippen LogP contribution < -0.4 is 4.90 Å². The van der Waals surface area contributed by atoms with E-state index in [4.69, 9.17) is 0 Å². The molecule has 318 valence electrons. The molecule has 0 unspecified atom stereocenters. The second-order valence-electron chi connectivity index (χ2n) is 17.6. The Morgan fingerprint density at radius 3 is 1.38 bits per heavy atom. The fourth-order valence-corrected chi connectivity index (χ4v) is 11.7. The van der Waals surface area contributed by atoms with Crippen molar-refractivity contribution < 1.29 is 0 Å². The van der Waals surface area contributed by atoms with Crippen molar-refractivity contribution in [2.24, 2.45) is 0 Å². The Kier molecular flexibility index (Phi) is 9.77.